The summed E-state index contributed by atoms with van der Waals surface area (Å²) in [6.07, 6.45) is 1.91. The molecular weight excluding hydrogens is 284 g/mol. The highest BCUT2D eigenvalue weighted by atomic mass is 32.1. The van der Waals surface area contributed by atoms with Gasteiger partial charge in [0.2, 0.25) is 0 Å². The average Bonchev–Trinajstić information content (AvgIpc) is 2.85. The molecule has 1 atom stereocenters. The van der Waals surface area contributed by atoms with Gasteiger partial charge in [0.05, 0.1) is 19.3 Å². The van der Waals surface area contributed by atoms with E-state index in [1.54, 1.807) is 11.3 Å². The first-order valence-electron chi connectivity index (χ1n) is 7.25. The lowest BCUT2D eigenvalue weighted by atomic mass is 10.0. The maximum atomic E-state index is 5.81. The van der Waals surface area contributed by atoms with E-state index in [2.05, 4.69) is 29.9 Å². The number of hydrogen-bond acceptors (Lipinski definition) is 5. The Morgan fingerprint density at radius 1 is 1.24 bits per heavy atom. The van der Waals surface area contributed by atoms with E-state index in [-0.39, 0.29) is 6.04 Å². The fourth-order valence-electron chi connectivity index (χ4n) is 2.58. The van der Waals surface area contributed by atoms with Crippen molar-refractivity contribution in [1.82, 2.24) is 5.43 Å². The zero-order valence-electron chi connectivity index (χ0n) is 12.1. The average molecular weight is 304 g/mol. The molecule has 3 N–H and O–H groups in total. The Morgan fingerprint density at radius 2 is 2.05 bits per heavy atom. The Hall–Kier alpha value is -1.56. The Kier molecular flexibility index (Phi) is 4.43. The molecule has 1 aromatic carbocycles. The van der Waals surface area contributed by atoms with Gasteiger partial charge in [-0.05, 0) is 41.1 Å². The predicted octanol–water partition coefficient (Wildman–Crippen LogP) is 3.02. The van der Waals surface area contributed by atoms with Gasteiger partial charge in [-0.1, -0.05) is 13.0 Å². The fourth-order valence-corrected chi connectivity index (χ4v) is 3.66. The van der Waals surface area contributed by atoms with Crippen LogP contribution in [0.3, 0.4) is 0 Å². The van der Waals surface area contributed by atoms with Crippen molar-refractivity contribution in [3.63, 3.8) is 0 Å². The first kappa shape index (κ1) is 14.4. The van der Waals surface area contributed by atoms with E-state index < -0.39 is 0 Å². The number of benzene rings is 1. The molecule has 1 aromatic heterocycles. The van der Waals surface area contributed by atoms with Gasteiger partial charge in [-0.15, -0.1) is 11.3 Å². The van der Waals surface area contributed by atoms with Crippen LogP contribution in [0.25, 0.3) is 0 Å². The number of fused-ring (bicyclic) bond motifs is 1. The summed E-state index contributed by atoms with van der Waals surface area (Å²) in [5.41, 5.74) is 5.36. The summed E-state index contributed by atoms with van der Waals surface area (Å²) >= 11 is 1.73. The molecule has 21 heavy (non-hydrogen) atoms. The highest BCUT2D eigenvalue weighted by Gasteiger charge is 2.20. The molecule has 0 aliphatic carbocycles. The molecule has 112 valence electrons. The summed E-state index contributed by atoms with van der Waals surface area (Å²) in [6.45, 7) is 3.55. The van der Waals surface area contributed by atoms with Gasteiger partial charge >= 0.3 is 0 Å². The second kappa shape index (κ2) is 6.47. The molecule has 5 heteroatoms. The van der Waals surface area contributed by atoms with Gasteiger partial charge in [-0.2, -0.15) is 0 Å². The minimum absolute atomic E-state index is 0.0166. The number of aryl methyl sites for hydroxylation is 1. The maximum absolute atomic E-state index is 5.81. The quantitative estimate of drug-likeness (QED) is 0.673. The lowest BCUT2D eigenvalue weighted by Gasteiger charge is -2.18. The number of hydrogen-bond donors (Lipinski definition) is 2. The van der Waals surface area contributed by atoms with Crippen LogP contribution in [0.5, 0.6) is 11.5 Å². The van der Waals surface area contributed by atoms with Gasteiger partial charge in [-0.3, -0.25) is 5.84 Å². The molecule has 0 radical (unpaired) electrons. The number of thiophene rings is 1. The SMILES string of the molecule is CCc1ccsc1C(NN)c1ccc2c(c1)OCCCO2. The third kappa shape index (κ3) is 2.90. The molecule has 1 unspecified atom stereocenters. The van der Waals surface area contributed by atoms with Crippen LogP contribution in [0.2, 0.25) is 0 Å². The fraction of sp³-hybridized carbons (Fsp3) is 0.375. The summed E-state index contributed by atoms with van der Waals surface area (Å²) in [7, 11) is 0. The van der Waals surface area contributed by atoms with E-state index in [1.807, 2.05) is 12.1 Å². The van der Waals surface area contributed by atoms with Crippen LogP contribution >= 0.6 is 11.3 Å². The molecule has 1 aliphatic heterocycles. The molecular formula is C16H20N2O2S. The molecule has 0 saturated heterocycles. The Balaban J connectivity index is 1.96. The third-order valence-electron chi connectivity index (χ3n) is 3.70. The van der Waals surface area contributed by atoms with E-state index in [0.29, 0.717) is 13.2 Å². The summed E-state index contributed by atoms with van der Waals surface area (Å²) in [4.78, 5) is 1.26. The van der Waals surface area contributed by atoms with Gasteiger partial charge in [-0.25, -0.2) is 5.43 Å². The molecule has 2 aromatic rings. The molecule has 2 heterocycles. The topological polar surface area (TPSA) is 56.5 Å². The molecule has 0 spiro atoms. The van der Waals surface area contributed by atoms with Crippen molar-refractivity contribution in [2.24, 2.45) is 5.84 Å². The van der Waals surface area contributed by atoms with Crippen LogP contribution in [-0.2, 0) is 6.42 Å². The van der Waals surface area contributed by atoms with E-state index in [4.69, 9.17) is 15.3 Å². The molecule has 0 bridgehead atoms. The van der Waals surface area contributed by atoms with Gasteiger partial charge in [0.15, 0.2) is 11.5 Å². The number of hydrazine groups is 1. The second-order valence-electron chi connectivity index (χ2n) is 5.02. The number of nitrogens with one attached hydrogen (secondary N) is 1. The van der Waals surface area contributed by atoms with Crippen LogP contribution in [0.15, 0.2) is 29.6 Å². The number of rotatable bonds is 4. The maximum Gasteiger partial charge on any atom is 0.161 e. The zero-order chi connectivity index (χ0) is 14.7. The zero-order valence-corrected chi connectivity index (χ0v) is 12.9. The number of ether oxygens (including phenoxy) is 2. The predicted molar refractivity (Wildman–Crippen MR) is 84.9 cm³/mol. The van der Waals surface area contributed by atoms with E-state index in [1.165, 1.54) is 10.4 Å². The first-order chi connectivity index (χ1) is 10.3. The van der Waals surface area contributed by atoms with Gasteiger partial charge in [0.1, 0.15) is 0 Å². The normalized spacial score (nSPS) is 15.5. The monoisotopic (exact) mass is 304 g/mol. The summed E-state index contributed by atoms with van der Waals surface area (Å²) < 4.78 is 11.4. The highest BCUT2D eigenvalue weighted by molar-refractivity contribution is 7.10. The van der Waals surface area contributed by atoms with Crippen LogP contribution in [0.1, 0.15) is 35.4 Å². The van der Waals surface area contributed by atoms with Crippen LogP contribution < -0.4 is 20.7 Å². The molecule has 3 rings (SSSR count). The summed E-state index contributed by atoms with van der Waals surface area (Å²) in [5.74, 6) is 7.43. The van der Waals surface area contributed by atoms with Crippen molar-refractivity contribution in [1.29, 1.82) is 0 Å². The van der Waals surface area contributed by atoms with Crippen LogP contribution in [0.4, 0.5) is 0 Å². The van der Waals surface area contributed by atoms with Gasteiger partial charge < -0.3 is 9.47 Å². The molecule has 0 fully saturated rings. The van der Waals surface area contributed by atoms with Crippen LogP contribution in [0, 0.1) is 0 Å². The van der Waals surface area contributed by atoms with E-state index >= 15 is 0 Å². The Labute approximate surface area is 128 Å². The van der Waals surface area contributed by atoms with Crippen LogP contribution in [-0.4, -0.2) is 13.2 Å². The van der Waals surface area contributed by atoms with E-state index in [9.17, 15) is 0 Å². The van der Waals surface area contributed by atoms with Gasteiger partial charge in [0, 0.05) is 11.3 Å². The van der Waals surface area contributed by atoms with Gasteiger partial charge in [0.25, 0.3) is 0 Å². The molecule has 0 saturated carbocycles. The lowest BCUT2D eigenvalue weighted by Crippen LogP contribution is -2.28. The summed E-state index contributed by atoms with van der Waals surface area (Å²) in [5, 5.41) is 2.11. The Morgan fingerprint density at radius 3 is 2.81 bits per heavy atom. The van der Waals surface area contributed by atoms with Crippen molar-refractivity contribution in [3.8, 4) is 11.5 Å². The van der Waals surface area contributed by atoms with Crippen molar-refractivity contribution in [2.75, 3.05) is 13.2 Å². The van der Waals surface area contributed by atoms with Crippen molar-refractivity contribution in [3.05, 3.63) is 45.6 Å². The standard InChI is InChI=1S/C16H20N2O2S/c1-2-11-6-9-21-16(11)15(18-17)12-4-5-13-14(10-12)20-8-3-7-19-13/h4-6,9-10,15,18H,2-3,7-8,17H2,1H3. The molecule has 4 nitrogen and oxygen atoms in total. The largest absolute Gasteiger partial charge is 0.490 e. The minimum atomic E-state index is -0.0166. The third-order valence-corrected chi connectivity index (χ3v) is 4.72. The highest BCUT2D eigenvalue weighted by Crippen LogP contribution is 2.36. The smallest absolute Gasteiger partial charge is 0.161 e. The second-order valence-corrected chi connectivity index (χ2v) is 5.97. The lowest BCUT2D eigenvalue weighted by molar-refractivity contribution is 0.297. The van der Waals surface area contributed by atoms with E-state index in [0.717, 1.165) is 29.9 Å². The molecule has 0 amide bonds. The first-order valence-corrected chi connectivity index (χ1v) is 8.13. The number of nitrogens with two attached hydrogens (primary N) is 1. The molecule has 1 aliphatic rings. The minimum Gasteiger partial charge on any atom is -0.490 e. The van der Waals surface area contributed by atoms with Crippen molar-refractivity contribution >= 4 is 11.3 Å². The van der Waals surface area contributed by atoms with Crippen molar-refractivity contribution in [2.45, 2.75) is 25.8 Å². The summed E-state index contributed by atoms with van der Waals surface area (Å²) in [6, 6.07) is 8.20. The Bertz CT molecular complexity index is 612. The van der Waals surface area contributed by atoms with Crippen molar-refractivity contribution < 1.29 is 9.47 Å².